The average molecular weight is 240 g/mol. The molecule has 0 fully saturated rings. The average Bonchev–Trinajstić information content (AvgIpc) is 2.76. The first kappa shape index (κ1) is 10.1. The van der Waals surface area contributed by atoms with Crippen molar-refractivity contribution in [1.82, 2.24) is 4.98 Å². The number of hydrogen-bond donors (Lipinski definition) is 1. The van der Waals surface area contributed by atoms with Crippen LogP contribution in [-0.4, -0.2) is 13.4 Å². The molecule has 6 heteroatoms. The molecule has 1 aliphatic heterocycles. The Hall–Kier alpha value is -1.40. The van der Waals surface area contributed by atoms with Gasteiger partial charge in [-0.1, -0.05) is 23.5 Å². The summed E-state index contributed by atoms with van der Waals surface area (Å²) in [4.78, 5) is 4.11. The highest BCUT2D eigenvalue weighted by molar-refractivity contribution is 8.03. The van der Waals surface area contributed by atoms with Crippen molar-refractivity contribution >= 4 is 36.5 Å². The van der Waals surface area contributed by atoms with Gasteiger partial charge in [0, 0.05) is 10.8 Å². The molecule has 0 radical (unpaired) electrons. The van der Waals surface area contributed by atoms with E-state index in [4.69, 9.17) is 5.73 Å². The molecule has 3 rings (SSSR count). The maximum atomic E-state index is 9.63. The predicted octanol–water partition coefficient (Wildman–Crippen LogP) is 1.76. The Kier molecular flexibility index (Phi) is 2.45. The van der Waals surface area contributed by atoms with Gasteiger partial charge >= 0.3 is 0 Å². The second-order valence-electron chi connectivity index (χ2n) is 2.88. The fourth-order valence-corrected chi connectivity index (χ4v) is 2.03. The summed E-state index contributed by atoms with van der Waals surface area (Å²) in [6.45, 7) is 0. The second kappa shape index (κ2) is 3.63. The molecule has 2 N–H and O–H groups in total. The summed E-state index contributed by atoms with van der Waals surface area (Å²) >= 11 is 1.52. The van der Waals surface area contributed by atoms with Crippen molar-refractivity contribution in [2.24, 2.45) is 0 Å². The molecular formula is C9H8N2O2S2. The first-order chi connectivity index (χ1) is 7.07. The van der Waals surface area contributed by atoms with Crippen LogP contribution >= 0.6 is 11.3 Å². The minimum absolute atomic E-state index is 0.640. The Morgan fingerprint density at radius 2 is 1.80 bits per heavy atom. The molecule has 1 aromatic heterocycles. The molecule has 0 atom stereocenters. The number of nitrogen functional groups attached to an aromatic ring is 1. The topological polar surface area (TPSA) is 73.0 Å². The zero-order valence-electron chi connectivity index (χ0n) is 7.62. The minimum atomic E-state index is -2.67. The molecule has 1 aromatic carbocycles. The molecule has 4 nitrogen and oxygen atoms in total. The zero-order valence-corrected chi connectivity index (χ0v) is 9.25. The van der Waals surface area contributed by atoms with Gasteiger partial charge in [0.1, 0.15) is 0 Å². The molecule has 0 amide bonds. The van der Waals surface area contributed by atoms with Crippen molar-refractivity contribution in [1.29, 1.82) is 0 Å². The quantitative estimate of drug-likeness (QED) is 0.761. The smallest absolute Gasteiger partial charge is 0.194 e. The van der Waals surface area contributed by atoms with Crippen molar-refractivity contribution < 1.29 is 8.42 Å². The highest BCUT2D eigenvalue weighted by atomic mass is 32.2. The van der Waals surface area contributed by atoms with E-state index in [2.05, 4.69) is 4.98 Å². The lowest BCUT2D eigenvalue weighted by molar-refractivity contribution is 0.617. The number of fused-ring (bicyclic) bond motifs is 1. The Labute approximate surface area is 91.0 Å². The minimum Gasteiger partial charge on any atom is -0.375 e. The number of hydrogen-bond acceptors (Lipinski definition) is 5. The van der Waals surface area contributed by atoms with Crippen LogP contribution in [0.5, 0.6) is 0 Å². The van der Waals surface area contributed by atoms with E-state index in [1.165, 1.54) is 11.3 Å². The van der Waals surface area contributed by atoms with E-state index in [1.54, 1.807) is 0 Å². The monoisotopic (exact) mass is 240 g/mol. The third kappa shape index (κ3) is 2.77. The summed E-state index contributed by atoms with van der Waals surface area (Å²) in [5, 5.41) is 2.96. The molecule has 0 aliphatic carbocycles. The van der Waals surface area contributed by atoms with Crippen LogP contribution in [0.3, 0.4) is 0 Å². The molecule has 78 valence electrons. The first-order valence-electron chi connectivity index (χ1n) is 4.11. The van der Waals surface area contributed by atoms with E-state index in [0.29, 0.717) is 5.13 Å². The van der Waals surface area contributed by atoms with Gasteiger partial charge in [-0.3, -0.25) is 0 Å². The van der Waals surface area contributed by atoms with Crippen LogP contribution in [0.2, 0.25) is 0 Å². The van der Waals surface area contributed by atoms with Gasteiger partial charge in [-0.15, -0.1) is 0 Å². The number of thiazole rings is 1. The number of aromatic nitrogens is 1. The third-order valence-electron chi connectivity index (χ3n) is 1.67. The Balaban J connectivity index is 0.000000144. The molecule has 2 aromatic rings. The summed E-state index contributed by atoms with van der Waals surface area (Å²) in [7, 11) is -2.67. The van der Waals surface area contributed by atoms with Crippen molar-refractivity contribution in [2.75, 3.05) is 5.73 Å². The lowest BCUT2D eigenvalue weighted by Gasteiger charge is -1.80. The van der Waals surface area contributed by atoms with Crippen LogP contribution in [-0.2, 0) is 9.84 Å². The Bertz CT molecular complexity index is 553. The molecule has 0 unspecified atom stereocenters. The van der Waals surface area contributed by atoms with E-state index in [-0.39, 0.29) is 0 Å². The summed E-state index contributed by atoms with van der Waals surface area (Å²) < 4.78 is 20.4. The van der Waals surface area contributed by atoms with Gasteiger partial charge < -0.3 is 5.73 Å². The van der Waals surface area contributed by atoms with Gasteiger partial charge in [0.15, 0.2) is 15.0 Å². The standard InChI is InChI=1S/C7H6N2S.C2H2O2S/c8-7-9-5-3-1-2-4-6(5)10-7;3-5(4)1-2-5/h1-4H,(H2,8,9);1-2H. The number of benzene rings is 1. The van der Waals surface area contributed by atoms with Crippen LogP contribution in [0.25, 0.3) is 10.2 Å². The fourth-order valence-electron chi connectivity index (χ4n) is 0.935. The highest BCUT2D eigenvalue weighted by Crippen LogP contribution is 2.22. The molecule has 0 saturated heterocycles. The van der Waals surface area contributed by atoms with E-state index < -0.39 is 9.84 Å². The Morgan fingerprint density at radius 3 is 2.33 bits per heavy atom. The highest BCUT2D eigenvalue weighted by Gasteiger charge is 2.11. The lowest BCUT2D eigenvalue weighted by atomic mass is 10.3. The number of nitrogens with two attached hydrogens (primary N) is 1. The maximum absolute atomic E-state index is 9.63. The summed E-state index contributed by atoms with van der Waals surface area (Å²) in [5.41, 5.74) is 6.49. The number of sulfone groups is 1. The van der Waals surface area contributed by atoms with Crippen molar-refractivity contribution in [3.05, 3.63) is 35.1 Å². The summed E-state index contributed by atoms with van der Waals surface area (Å²) in [6.07, 6.45) is 0. The predicted molar refractivity (Wildman–Crippen MR) is 62.1 cm³/mol. The number of para-hydroxylation sites is 1. The molecule has 0 bridgehead atoms. The normalized spacial score (nSPS) is 15.7. The van der Waals surface area contributed by atoms with Crippen molar-refractivity contribution in [2.45, 2.75) is 0 Å². The zero-order chi connectivity index (χ0) is 10.9. The van der Waals surface area contributed by atoms with Crippen LogP contribution in [0.1, 0.15) is 0 Å². The molecule has 0 spiro atoms. The van der Waals surface area contributed by atoms with Gasteiger partial charge in [-0.05, 0) is 12.1 Å². The van der Waals surface area contributed by atoms with E-state index in [9.17, 15) is 8.42 Å². The van der Waals surface area contributed by atoms with Crippen LogP contribution in [0.15, 0.2) is 35.1 Å². The van der Waals surface area contributed by atoms with Crippen LogP contribution in [0.4, 0.5) is 5.13 Å². The molecule has 15 heavy (non-hydrogen) atoms. The number of anilines is 1. The van der Waals surface area contributed by atoms with E-state index in [1.807, 2.05) is 24.3 Å². The summed E-state index contributed by atoms with van der Waals surface area (Å²) in [6, 6.07) is 7.92. The largest absolute Gasteiger partial charge is 0.375 e. The Morgan fingerprint density at radius 1 is 1.20 bits per heavy atom. The van der Waals surface area contributed by atoms with Crippen LogP contribution < -0.4 is 5.73 Å². The summed E-state index contributed by atoms with van der Waals surface area (Å²) in [5.74, 6) is 0. The molecule has 2 heterocycles. The third-order valence-corrected chi connectivity index (χ3v) is 3.25. The molecular weight excluding hydrogens is 232 g/mol. The second-order valence-corrected chi connectivity index (χ2v) is 5.67. The van der Waals surface area contributed by atoms with Gasteiger partial charge in [-0.2, -0.15) is 0 Å². The fraction of sp³-hybridized carbons (Fsp3) is 0. The van der Waals surface area contributed by atoms with E-state index in [0.717, 1.165) is 21.0 Å². The van der Waals surface area contributed by atoms with Crippen LogP contribution in [0, 0.1) is 0 Å². The molecule has 1 aliphatic rings. The maximum Gasteiger partial charge on any atom is 0.194 e. The first-order valence-corrected chi connectivity index (χ1v) is 6.54. The number of rotatable bonds is 0. The number of nitrogens with zero attached hydrogens (tertiary/aromatic N) is 1. The lowest BCUT2D eigenvalue weighted by Crippen LogP contribution is -1.78. The van der Waals surface area contributed by atoms with Crippen molar-refractivity contribution in [3.63, 3.8) is 0 Å². The van der Waals surface area contributed by atoms with Crippen molar-refractivity contribution in [3.8, 4) is 0 Å². The SMILES string of the molecule is Nc1nc2ccccc2s1.O=S1(=O)C=C1. The van der Waals surface area contributed by atoms with Gasteiger partial charge in [-0.25, -0.2) is 13.4 Å². The molecule has 0 saturated carbocycles. The van der Waals surface area contributed by atoms with E-state index >= 15 is 0 Å². The van der Waals surface area contributed by atoms with Gasteiger partial charge in [0.25, 0.3) is 0 Å². The van der Waals surface area contributed by atoms with Gasteiger partial charge in [0.2, 0.25) is 0 Å². The van der Waals surface area contributed by atoms with Gasteiger partial charge in [0.05, 0.1) is 10.2 Å².